The first-order valence-corrected chi connectivity index (χ1v) is 12.3. The van der Waals surface area contributed by atoms with Gasteiger partial charge in [-0.15, -0.1) is 6.58 Å². The molecule has 3 N–H and O–H groups in total. The zero-order valence-corrected chi connectivity index (χ0v) is 22.0. The zero-order valence-electron chi connectivity index (χ0n) is 22.0. The Bertz CT molecular complexity index is 904. The van der Waals surface area contributed by atoms with Crippen LogP contribution in [0.25, 0.3) is 0 Å². The number of ether oxygens (including phenoxy) is 3. The molecule has 0 unspecified atom stereocenters. The Balaban J connectivity index is 2.32. The van der Waals surface area contributed by atoms with E-state index < -0.39 is 69.6 Å². The average molecular weight is 496 g/mol. The number of esters is 2. The van der Waals surface area contributed by atoms with Crippen LogP contribution in [0.4, 0.5) is 0 Å². The van der Waals surface area contributed by atoms with E-state index in [1.807, 2.05) is 13.8 Å². The van der Waals surface area contributed by atoms with E-state index in [1.165, 1.54) is 19.9 Å². The molecule has 0 aromatic rings. The summed E-state index contributed by atoms with van der Waals surface area (Å²) in [6.45, 7) is 14.1. The molecule has 8 atom stereocenters. The van der Waals surface area contributed by atoms with Crippen LogP contribution in [0.2, 0.25) is 0 Å². The molecule has 198 valence electrons. The third kappa shape index (κ3) is 3.95. The Hall–Kier alpha value is -1.81. The lowest BCUT2D eigenvalue weighted by Crippen LogP contribution is -2.87. The largest absolute Gasteiger partial charge is 0.458 e. The van der Waals surface area contributed by atoms with Crippen molar-refractivity contribution >= 4 is 17.7 Å². The van der Waals surface area contributed by atoms with Crippen LogP contribution < -0.4 is 5.32 Å². The predicted octanol–water partition coefficient (Wildman–Crippen LogP) is 1.68. The van der Waals surface area contributed by atoms with Gasteiger partial charge < -0.3 is 29.7 Å². The van der Waals surface area contributed by atoms with Gasteiger partial charge in [0.15, 0.2) is 17.5 Å². The van der Waals surface area contributed by atoms with Crippen LogP contribution in [0.5, 0.6) is 0 Å². The molecule has 9 heteroatoms. The molecular weight excluding hydrogens is 454 g/mol. The Kier molecular flexibility index (Phi) is 7.09. The molecule has 3 fully saturated rings. The van der Waals surface area contributed by atoms with Gasteiger partial charge in [0.2, 0.25) is 0 Å². The standard InChI is InChI=1S/C26H41NO8/c1-9-23(5)14-17(30)26(32)24(6)16(29)10-12-22(3,4)20(24)19(34-18(31)11-13-27-8)21(33-15(2)28)25(26,7)35-23/h9,16,19-21,27,29,32H,1,10-14H2,2-8H3/t16-,19-,20-,21-,23-,24-,25+,26-/m0/s1. The molecule has 0 bridgehead atoms. The number of aliphatic hydroxyl groups is 2. The number of aliphatic hydroxyl groups excluding tert-OH is 1. The second kappa shape index (κ2) is 8.94. The summed E-state index contributed by atoms with van der Waals surface area (Å²) in [6.07, 6.45) is -1.22. The van der Waals surface area contributed by atoms with Crippen molar-refractivity contribution in [1.29, 1.82) is 0 Å². The highest BCUT2D eigenvalue weighted by atomic mass is 16.6. The number of hydrogen-bond acceptors (Lipinski definition) is 9. The van der Waals surface area contributed by atoms with E-state index in [4.69, 9.17) is 14.2 Å². The van der Waals surface area contributed by atoms with Crippen LogP contribution in [-0.4, -0.2) is 76.6 Å². The fourth-order valence-electron chi connectivity index (χ4n) is 7.18. The van der Waals surface area contributed by atoms with E-state index >= 15 is 0 Å². The van der Waals surface area contributed by atoms with Gasteiger partial charge in [-0.25, -0.2) is 0 Å². The van der Waals surface area contributed by atoms with E-state index in [-0.39, 0.29) is 12.8 Å². The first-order chi connectivity index (χ1) is 16.0. The summed E-state index contributed by atoms with van der Waals surface area (Å²) in [5.41, 5.74) is -7.30. The monoisotopic (exact) mass is 495 g/mol. The SMILES string of the molecule is C=C[C@@]1(C)CC(=O)[C@]2(O)[C@@]3(C)[C@@H](O)CCC(C)(C)[C@@H]3[C@H](OC(=O)CCNC)[C@H](OC(C)=O)[C@@]2(C)O1. The molecule has 3 rings (SSSR count). The summed E-state index contributed by atoms with van der Waals surface area (Å²) in [6, 6.07) is 0. The number of carbonyl (C=O) groups excluding carboxylic acids is 3. The lowest BCUT2D eigenvalue weighted by molar-refractivity contribution is -0.371. The lowest BCUT2D eigenvalue weighted by Gasteiger charge is -2.71. The van der Waals surface area contributed by atoms with Gasteiger partial charge in [0.25, 0.3) is 0 Å². The Labute approximate surface area is 207 Å². The average Bonchev–Trinajstić information content (AvgIpc) is 2.75. The second-order valence-corrected chi connectivity index (χ2v) is 11.7. The number of Topliss-reactive ketones (excluding diaryl/α,β-unsaturated/α-hetero) is 1. The molecule has 0 amide bonds. The summed E-state index contributed by atoms with van der Waals surface area (Å²) < 4.78 is 18.2. The minimum absolute atomic E-state index is 0.0668. The Morgan fingerprint density at radius 3 is 2.40 bits per heavy atom. The summed E-state index contributed by atoms with van der Waals surface area (Å²) in [7, 11) is 1.71. The summed E-state index contributed by atoms with van der Waals surface area (Å²) in [4.78, 5) is 39.2. The van der Waals surface area contributed by atoms with Crippen molar-refractivity contribution in [3.8, 4) is 0 Å². The molecular formula is C26H41NO8. The molecule has 1 heterocycles. The van der Waals surface area contributed by atoms with E-state index in [2.05, 4.69) is 11.9 Å². The molecule has 2 aliphatic carbocycles. The molecule has 0 radical (unpaired) electrons. The molecule has 9 nitrogen and oxygen atoms in total. The van der Waals surface area contributed by atoms with Gasteiger partial charge in [-0.05, 0) is 39.2 Å². The molecule has 2 saturated carbocycles. The fourth-order valence-corrected chi connectivity index (χ4v) is 7.18. The summed E-state index contributed by atoms with van der Waals surface area (Å²) in [5.74, 6) is -2.45. The van der Waals surface area contributed by atoms with Gasteiger partial charge in [0, 0.05) is 31.2 Å². The van der Waals surface area contributed by atoms with Crippen molar-refractivity contribution < 1.29 is 38.8 Å². The third-order valence-corrected chi connectivity index (χ3v) is 8.84. The number of nitrogens with one attached hydrogen (secondary N) is 1. The highest BCUT2D eigenvalue weighted by Crippen LogP contribution is 2.67. The quantitative estimate of drug-likeness (QED) is 0.372. The van der Waals surface area contributed by atoms with E-state index in [0.717, 1.165) is 0 Å². The number of rotatable bonds is 6. The van der Waals surface area contributed by atoms with Gasteiger partial charge in [-0.2, -0.15) is 0 Å². The lowest BCUT2D eigenvalue weighted by atomic mass is 9.39. The highest BCUT2D eigenvalue weighted by Gasteiger charge is 2.82. The Morgan fingerprint density at radius 2 is 1.86 bits per heavy atom. The zero-order chi connectivity index (χ0) is 26.6. The summed E-state index contributed by atoms with van der Waals surface area (Å²) in [5, 5.41) is 26.8. The molecule has 1 aliphatic heterocycles. The third-order valence-electron chi connectivity index (χ3n) is 8.84. The molecule has 35 heavy (non-hydrogen) atoms. The van der Waals surface area contributed by atoms with Gasteiger partial charge in [0.1, 0.15) is 11.7 Å². The normalized spacial score (nSPS) is 44.5. The molecule has 0 spiro atoms. The number of ketones is 1. The molecule has 0 aromatic carbocycles. The van der Waals surface area contributed by atoms with E-state index in [1.54, 1.807) is 20.9 Å². The van der Waals surface area contributed by atoms with Crippen molar-refractivity contribution in [3.63, 3.8) is 0 Å². The number of fused-ring (bicyclic) bond motifs is 3. The van der Waals surface area contributed by atoms with Gasteiger partial charge in [-0.1, -0.05) is 26.8 Å². The highest BCUT2D eigenvalue weighted by molar-refractivity contribution is 5.92. The van der Waals surface area contributed by atoms with Crippen LogP contribution in [0.3, 0.4) is 0 Å². The van der Waals surface area contributed by atoms with Crippen molar-refractivity contribution in [2.45, 2.75) is 102 Å². The van der Waals surface area contributed by atoms with E-state index in [0.29, 0.717) is 19.4 Å². The maximum Gasteiger partial charge on any atom is 0.307 e. The van der Waals surface area contributed by atoms with Crippen molar-refractivity contribution in [2.75, 3.05) is 13.6 Å². The van der Waals surface area contributed by atoms with Crippen LogP contribution in [0, 0.1) is 16.7 Å². The van der Waals surface area contributed by atoms with Crippen molar-refractivity contribution in [1.82, 2.24) is 5.32 Å². The first-order valence-electron chi connectivity index (χ1n) is 12.3. The second-order valence-electron chi connectivity index (χ2n) is 11.7. The smallest absolute Gasteiger partial charge is 0.307 e. The Morgan fingerprint density at radius 1 is 1.23 bits per heavy atom. The summed E-state index contributed by atoms with van der Waals surface area (Å²) >= 11 is 0. The minimum atomic E-state index is -2.24. The maximum atomic E-state index is 13.9. The topological polar surface area (TPSA) is 131 Å². The first kappa shape index (κ1) is 27.8. The van der Waals surface area contributed by atoms with Crippen LogP contribution in [0.15, 0.2) is 12.7 Å². The molecule has 0 aromatic heterocycles. The van der Waals surface area contributed by atoms with Crippen LogP contribution >= 0.6 is 0 Å². The van der Waals surface area contributed by atoms with Crippen molar-refractivity contribution in [2.24, 2.45) is 16.7 Å². The number of hydrogen-bond donors (Lipinski definition) is 3. The number of carbonyl (C=O) groups is 3. The molecule has 1 saturated heterocycles. The van der Waals surface area contributed by atoms with Gasteiger partial charge in [0.05, 0.1) is 18.1 Å². The molecule has 3 aliphatic rings. The predicted molar refractivity (Wildman–Crippen MR) is 127 cm³/mol. The van der Waals surface area contributed by atoms with Crippen LogP contribution in [-0.2, 0) is 28.6 Å². The fraction of sp³-hybridized carbons (Fsp3) is 0.808. The van der Waals surface area contributed by atoms with E-state index in [9.17, 15) is 24.6 Å². The van der Waals surface area contributed by atoms with Gasteiger partial charge >= 0.3 is 11.9 Å². The maximum absolute atomic E-state index is 13.9. The van der Waals surface area contributed by atoms with Crippen LogP contribution in [0.1, 0.15) is 67.2 Å². The van der Waals surface area contributed by atoms with Crippen molar-refractivity contribution in [3.05, 3.63) is 12.7 Å². The minimum Gasteiger partial charge on any atom is -0.458 e. The van der Waals surface area contributed by atoms with Gasteiger partial charge in [-0.3, -0.25) is 14.4 Å².